The van der Waals surface area contributed by atoms with Crippen LogP contribution >= 0.6 is 24.8 Å². The molecule has 0 aromatic rings. The molecular formula is C2H4N2O2S2. The van der Waals surface area contributed by atoms with E-state index in [2.05, 4.69) is 35.4 Å². The first-order valence-corrected chi connectivity index (χ1v) is 2.43. The topological polar surface area (TPSA) is 64.4 Å². The van der Waals surface area contributed by atoms with Gasteiger partial charge in [-0.3, -0.25) is 0 Å². The summed E-state index contributed by atoms with van der Waals surface area (Å²) in [5, 5.41) is 0. The van der Waals surface area contributed by atoms with Gasteiger partial charge in [-0.05, 0) is 12.2 Å². The molecule has 6 heteroatoms. The number of carbonyl (C=O) groups is 1. The van der Waals surface area contributed by atoms with Gasteiger partial charge >= 0.3 is 6.03 Å². The molecule has 0 saturated carbocycles. The lowest BCUT2D eigenvalue weighted by Gasteiger charge is -1.97. The average molecular weight is 152 g/mol. The lowest BCUT2D eigenvalue weighted by atomic mass is 11.2. The van der Waals surface area contributed by atoms with E-state index in [4.69, 9.17) is 0 Å². The van der Waals surface area contributed by atoms with Gasteiger partial charge in [0.15, 0.2) is 0 Å². The van der Waals surface area contributed by atoms with Gasteiger partial charge in [0, 0.05) is 0 Å². The highest BCUT2D eigenvalue weighted by atomic mass is 32.1. The molecule has 0 rings (SSSR count). The van der Waals surface area contributed by atoms with Crippen molar-refractivity contribution in [1.82, 2.24) is 5.48 Å². The Morgan fingerprint density at radius 3 is 2.50 bits per heavy atom. The number of rotatable bonds is 0. The van der Waals surface area contributed by atoms with Gasteiger partial charge in [0.25, 0.3) is 0 Å². The van der Waals surface area contributed by atoms with Crippen LogP contribution in [0, 0.1) is 0 Å². The zero-order chi connectivity index (χ0) is 6.57. The minimum atomic E-state index is -0.804. The van der Waals surface area contributed by atoms with Crippen LogP contribution in [0.2, 0.25) is 0 Å². The van der Waals surface area contributed by atoms with Crippen LogP contribution < -0.4 is 11.2 Å². The summed E-state index contributed by atoms with van der Waals surface area (Å²) < 4.78 is -0.0798. The molecule has 0 aliphatic rings. The lowest BCUT2D eigenvalue weighted by Crippen LogP contribution is -2.30. The number of thiocarbonyl (C=S) groups is 1. The zero-order valence-electron chi connectivity index (χ0n) is 3.75. The van der Waals surface area contributed by atoms with Crippen molar-refractivity contribution in [2.24, 2.45) is 5.73 Å². The van der Waals surface area contributed by atoms with Gasteiger partial charge in [0.2, 0.25) is 4.38 Å². The summed E-state index contributed by atoms with van der Waals surface area (Å²) in [6, 6.07) is -0.804. The third kappa shape index (κ3) is 5.51. The largest absolute Gasteiger partial charge is 0.359 e. The molecule has 0 saturated heterocycles. The Morgan fingerprint density at radius 1 is 1.88 bits per heavy atom. The Balaban J connectivity index is 3.18. The maximum absolute atomic E-state index is 9.80. The minimum absolute atomic E-state index is 0.0798. The van der Waals surface area contributed by atoms with Crippen LogP contribution in [-0.2, 0) is 4.84 Å². The normalized spacial score (nSPS) is 7.62. The van der Waals surface area contributed by atoms with E-state index < -0.39 is 6.03 Å². The molecule has 0 aliphatic heterocycles. The molecule has 0 fully saturated rings. The SMILES string of the molecule is NC(=O)NOC(=S)S. The molecular weight excluding hydrogens is 148 g/mol. The number of hydrogen-bond acceptors (Lipinski definition) is 3. The molecule has 0 atom stereocenters. The Morgan fingerprint density at radius 2 is 2.38 bits per heavy atom. The number of urea groups is 1. The van der Waals surface area contributed by atoms with Gasteiger partial charge in [-0.15, -0.1) is 0 Å². The molecule has 0 aromatic heterocycles. The molecule has 0 aromatic carbocycles. The van der Waals surface area contributed by atoms with E-state index in [1.54, 1.807) is 5.48 Å². The predicted octanol–water partition coefficient (Wildman–Crippen LogP) is -0.199. The van der Waals surface area contributed by atoms with Gasteiger partial charge in [-0.25, -0.2) is 4.79 Å². The Kier molecular flexibility index (Phi) is 3.29. The number of primary amides is 1. The summed E-state index contributed by atoms with van der Waals surface area (Å²) >= 11 is 7.80. The quantitative estimate of drug-likeness (QED) is 0.256. The van der Waals surface area contributed by atoms with Crippen molar-refractivity contribution in [2.45, 2.75) is 0 Å². The molecule has 0 aliphatic carbocycles. The van der Waals surface area contributed by atoms with E-state index in [0.29, 0.717) is 0 Å². The van der Waals surface area contributed by atoms with Crippen LogP contribution in [0.15, 0.2) is 0 Å². The first-order chi connectivity index (χ1) is 3.63. The second kappa shape index (κ2) is 3.50. The number of nitrogens with two attached hydrogens (primary N) is 1. The molecule has 4 nitrogen and oxygen atoms in total. The second-order valence-electron chi connectivity index (χ2n) is 0.834. The molecule has 8 heavy (non-hydrogen) atoms. The number of thiol groups is 1. The van der Waals surface area contributed by atoms with Crippen molar-refractivity contribution < 1.29 is 9.63 Å². The van der Waals surface area contributed by atoms with Crippen LogP contribution in [0.3, 0.4) is 0 Å². The van der Waals surface area contributed by atoms with Crippen molar-refractivity contribution in [2.75, 3.05) is 0 Å². The molecule has 46 valence electrons. The lowest BCUT2D eigenvalue weighted by molar-refractivity contribution is 0.185. The standard InChI is InChI=1S/C2H4N2O2S2/c3-1(5)4-6-2(7)8/h(H,7,8)(H3,3,4,5). The minimum Gasteiger partial charge on any atom is -0.359 e. The highest BCUT2D eigenvalue weighted by molar-refractivity contribution is 8.10. The first kappa shape index (κ1) is 7.51. The molecule has 0 unspecified atom stereocenters. The molecule has 2 amide bonds. The number of amides is 2. The molecule has 0 heterocycles. The number of hydrogen-bond donors (Lipinski definition) is 3. The first-order valence-electron chi connectivity index (χ1n) is 1.58. The maximum Gasteiger partial charge on any atom is 0.345 e. The van der Waals surface area contributed by atoms with Gasteiger partial charge < -0.3 is 10.6 Å². The monoisotopic (exact) mass is 152 g/mol. The fourth-order valence-electron chi connectivity index (χ4n) is 0.0940. The van der Waals surface area contributed by atoms with Crippen LogP contribution in [0.1, 0.15) is 0 Å². The molecule has 3 N–H and O–H groups in total. The van der Waals surface area contributed by atoms with Crippen molar-refractivity contribution in [3.63, 3.8) is 0 Å². The number of nitrogens with one attached hydrogen (secondary N) is 1. The van der Waals surface area contributed by atoms with E-state index in [-0.39, 0.29) is 4.38 Å². The summed E-state index contributed by atoms with van der Waals surface area (Å²) in [7, 11) is 0. The van der Waals surface area contributed by atoms with E-state index in [0.717, 1.165) is 0 Å². The smallest absolute Gasteiger partial charge is 0.345 e. The molecule has 0 radical (unpaired) electrons. The van der Waals surface area contributed by atoms with Crippen molar-refractivity contribution >= 4 is 35.3 Å². The summed E-state index contributed by atoms with van der Waals surface area (Å²) in [5.41, 5.74) is 6.34. The van der Waals surface area contributed by atoms with Crippen LogP contribution in [0.4, 0.5) is 4.79 Å². The van der Waals surface area contributed by atoms with Gasteiger partial charge in [-0.2, -0.15) is 5.48 Å². The zero-order valence-corrected chi connectivity index (χ0v) is 5.46. The molecule has 0 bridgehead atoms. The fraction of sp³-hybridized carbons (Fsp3) is 0. The van der Waals surface area contributed by atoms with E-state index in [1.807, 2.05) is 0 Å². The number of hydroxylamine groups is 1. The van der Waals surface area contributed by atoms with E-state index >= 15 is 0 Å². The van der Waals surface area contributed by atoms with Crippen LogP contribution in [0.25, 0.3) is 0 Å². The third-order valence-electron chi connectivity index (χ3n) is 0.239. The predicted molar refractivity (Wildman–Crippen MR) is 35.4 cm³/mol. The average Bonchev–Trinajstić information content (AvgIpc) is 1.61. The van der Waals surface area contributed by atoms with Crippen LogP contribution in [-0.4, -0.2) is 10.4 Å². The fourth-order valence-corrected chi connectivity index (χ4v) is 0.181. The van der Waals surface area contributed by atoms with E-state index in [9.17, 15) is 4.79 Å². The Hall–Kier alpha value is -0.490. The number of carbonyl (C=O) groups excluding carboxylic acids is 1. The maximum atomic E-state index is 9.80. The summed E-state index contributed by atoms with van der Waals surface area (Å²) in [6.07, 6.45) is 0. The van der Waals surface area contributed by atoms with Crippen molar-refractivity contribution in [1.29, 1.82) is 0 Å². The third-order valence-corrected chi connectivity index (χ3v) is 0.414. The van der Waals surface area contributed by atoms with Crippen molar-refractivity contribution in [3.8, 4) is 0 Å². The Bertz CT molecular complexity index is 101. The van der Waals surface area contributed by atoms with Gasteiger partial charge in [0.1, 0.15) is 0 Å². The highest BCUT2D eigenvalue weighted by Gasteiger charge is 1.89. The van der Waals surface area contributed by atoms with Crippen LogP contribution in [0.5, 0.6) is 0 Å². The summed E-state index contributed by atoms with van der Waals surface area (Å²) in [4.78, 5) is 14.0. The highest BCUT2D eigenvalue weighted by Crippen LogP contribution is 1.80. The van der Waals surface area contributed by atoms with E-state index in [1.165, 1.54) is 0 Å². The molecule has 0 spiro atoms. The van der Waals surface area contributed by atoms with Gasteiger partial charge in [-0.1, -0.05) is 12.6 Å². The summed E-state index contributed by atoms with van der Waals surface area (Å²) in [6.45, 7) is 0. The second-order valence-corrected chi connectivity index (χ2v) is 1.91. The summed E-state index contributed by atoms with van der Waals surface area (Å²) in [5.74, 6) is 0. The van der Waals surface area contributed by atoms with Gasteiger partial charge in [0.05, 0.1) is 0 Å². The van der Waals surface area contributed by atoms with Crippen molar-refractivity contribution in [3.05, 3.63) is 0 Å². The Labute approximate surface area is 56.7 Å².